The number of nitrogens with two attached hydrogens (primary N) is 1. The molecule has 0 unspecified atom stereocenters. The highest BCUT2D eigenvalue weighted by molar-refractivity contribution is 14.0. The van der Waals surface area contributed by atoms with Gasteiger partial charge in [-0.1, -0.05) is 12.1 Å². The minimum Gasteiger partial charge on any atom is -0.495 e. The van der Waals surface area contributed by atoms with E-state index in [1.807, 2.05) is 30.5 Å². The Bertz CT molecular complexity index is 878. The van der Waals surface area contributed by atoms with Crippen molar-refractivity contribution in [3.8, 4) is 5.75 Å². The molecule has 0 atom stereocenters. The second kappa shape index (κ2) is 8.70. The number of halogens is 2. The normalized spacial score (nSPS) is 11.2. The molecule has 0 bridgehead atoms. The molecule has 1 heterocycles. The number of hydrogen-bond donors (Lipinski definition) is 3. The Morgan fingerprint density at radius 3 is 2.88 bits per heavy atom. The molecule has 25 heavy (non-hydrogen) atoms. The molecule has 1 aromatic heterocycles. The Hall–Kier alpha value is -2.29. The number of aromatic amines is 1. The van der Waals surface area contributed by atoms with E-state index in [-0.39, 0.29) is 29.8 Å². The largest absolute Gasteiger partial charge is 0.495 e. The van der Waals surface area contributed by atoms with Crippen molar-refractivity contribution in [3.05, 3.63) is 60.0 Å². The minimum absolute atomic E-state index is 0. The number of nitrogens with one attached hydrogen (secondary N) is 2. The molecule has 0 spiro atoms. The van der Waals surface area contributed by atoms with Crippen molar-refractivity contribution in [1.29, 1.82) is 0 Å². The summed E-state index contributed by atoms with van der Waals surface area (Å²) < 4.78 is 18.6. The van der Waals surface area contributed by atoms with Gasteiger partial charge in [0.1, 0.15) is 11.6 Å². The van der Waals surface area contributed by atoms with Crippen molar-refractivity contribution >= 4 is 46.5 Å². The first kappa shape index (κ1) is 19.0. The van der Waals surface area contributed by atoms with Gasteiger partial charge in [-0.05, 0) is 42.3 Å². The molecule has 0 aliphatic heterocycles. The number of para-hydroxylation sites is 2. The zero-order chi connectivity index (χ0) is 16.9. The molecule has 0 saturated carbocycles. The van der Waals surface area contributed by atoms with Crippen LogP contribution in [0.4, 0.5) is 10.1 Å². The second-order valence-electron chi connectivity index (χ2n) is 5.35. The van der Waals surface area contributed by atoms with Gasteiger partial charge in [0.05, 0.1) is 12.8 Å². The molecule has 0 aliphatic carbocycles. The van der Waals surface area contributed by atoms with Gasteiger partial charge < -0.3 is 20.8 Å². The number of rotatable bonds is 5. The van der Waals surface area contributed by atoms with Crippen molar-refractivity contribution in [2.45, 2.75) is 6.42 Å². The number of H-pyrrole nitrogens is 1. The van der Waals surface area contributed by atoms with Gasteiger partial charge in [-0.25, -0.2) is 4.39 Å². The van der Waals surface area contributed by atoms with E-state index < -0.39 is 0 Å². The monoisotopic (exact) mass is 454 g/mol. The summed E-state index contributed by atoms with van der Waals surface area (Å²) in [5.74, 6) is 0.762. The van der Waals surface area contributed by atoms with Crippen molar-refractivity contribution in [3.63, 3.8) is 0 Å². The number of benzene rings is 2. The number of methoxy groups -OCH3 is 1. The third kappa shape index (κ3) is 4.62. The maximum absolute atomic E-state index is 13.4. The van der Waals surface area contributed by atoms with Gasteiger partial charge in [0.2, 0.25) is 0 Å². The summed E-state index contributed by atoms with van der Waals surface area (Å²) in [6, 6.07) is 12.2. The summed E-state index contributed by atoms with van der Waals surface area (Å²) in [5.41, 5.74) is 8.61. The standard InChI is InChI=1S/C18H19FN4O.HI/c1-24-17-5-3-2-4-16(17)23-18(20)21-9-8-12-11-22-15-7-6-13(19)10-14(12)15;/h2-7,10-11,22H,8-9H2,1H3,(H3,20,21,23);1H. The van der Waals surface area contributed by atoms with Crippen molar-refractivity contribution in [2.75, 3.05) is 19.0 Å². The lowest BCUT2D eigenvalue weighted by molar-refractivity contribution is 0.417. The molecule has 2 aromatic carbocycles. The minimum atomic E-state index is -0.246. The van der Waals surface area contributed by atoms with Gasteiger partial charge in [0.25, 0.3) is 0 Å². The van der Waals surface area contributed by atoms with Crippen LogP contribution in [0.2, 0.25) is 0 Å². The molecule has 0 fully saturated rings. The highest BCUT2D eigenvalue weighted by atomic mass is 127. The fourth-order valence-corrected chi connectivity index (χ4v) is 2.58. The van der Waals surface area contributed by atoms with E-state index >= 15 is 0 Å². The lowest BCUT2D eigenvalue weighted by atomic mass is 10.1. The molecule has 5 nitrogen and oxygen atoms in total. The van der Waals surface area contributed by atoms with Crippen LogP contribution in [0.5, 0.6) is 5.75 Å². The van der Waals surface area contributed by atoms with E-state index in [4.69, 9.17) is 10.5 Å². The van der Waals surface area contributed by atoms with E-state index in [1.165, 1.54) is 12.1 Å². The predicted molar refractivity (Wildman–Crippen MR) is 110 cm³/mol. The lowest BCUT2D eigenvalue weighted by Crippen LogP contribution is -2.23. The van der Waals surface area contributed by atoms with E-state index in [0.29, 0.717) is 24.7 Å². The summed E-state index contributed by atoms with van der Waals surface area (Å²) in [6.45, 7) is 0.497. The van der Waals surface area contributed by atoms with Crippen molar-refractivity contribution in [2.24, 2.45) is 10.7 Å². The van der Waals surface area contributed by atoms with Gasteiger partial charge in [-0.2, -0.15) is 0 Å². The molecule has 132 valence electrons. The molecule has 0 saturated heterocycles. The van der Waals surface area contributed by atoms with Gasteiger partial charge in [-0.15, -0.1) is 24.0 Å². The Kier molecular flexibility index (Phi) is 6.63. The number of aliphatic imine (C=N–C) groups is 1. The fraction of sp³-hybridized carbons (Fsp3) is 0.167. The van der Waals surface area contributed by atoms with E-state index in [0.717, 1.165) is 22.2 Å². The molecule has 0 amide bonds. The Morgan fingerprint density at radius 1 is 1.28 bits per heavy atom. The number of aromatic nitrogens is 1. The van der Waals surface area contributed by atoms with Crippen LogP contribution in [-0.2, 0) is 6.42 Å². The fourth-order valence-electron chi connectivity index (χ4n) is 2.58. The number of nitrogens with zero attached hydrogens (tertiary/aromatic N) is 1. The van der Waals surface area contributed by atoms with Crippen molar-refractivity contribution in [1.82, 2.24) is 4.98 Å². The van der Waals surface area contributed by atoms with Crippen LogP contribution in [0.3, 0.4) is 0 Å². The van der Waals surface area contributed by atoms with Crippen LogP contribution in [0.1, 0.15) is 5.56 Å². The van der Waals surface area contributed by atoms with Crippen LogP contribution in [0, 0.1) is 5.82 Å². The third-order valence-corrected chi connectivity index (χ3v) is 3.76. The summed E-state index contributed by atoms with van der Waals surface area (Å²) >= 11 is 0. The highest BCUT2D eigenvalue weighted by Gasteiger charge is 2.05. The molecule has 0 aliphatic rings. The van der Waals surface area contributed by atoms with Gasteiger partial charge in [-0.3, -0.25) is 4.99 Å². The number of guanidine groups is 1. The Morgan fingerprint density at radius 2 is 2.08 bits per heavy atom. The maximum Gasteiger partial charge on any atom is 0.193 e. The highest BCUT2D eigenvalue weighted by Crippen LogP contribution is 2.23. The number of ether oxygens (including phenoxy) is 1. The van der Waals surface area contributed by atoms with E-state index in [9.17, 15) is 4.39 Å². The molecule has 3 aromatic rings. The first-order valence-corrected chi connectivity index (χ1v) is 7.63. The quantitative estimate of drug-likeness (QED) is 0.311. The molecule has 0 radical (unpaired) electrons. The maximum atomic E-state index is 13.4. The first-order chi connectivity index (χ1) is 11.7. The van der Waals surface area contributed by atoms with Crippen LogP contribution in [0.15, 0.2) is 53.7 Å². The van der Waals surface area contributed by atoms with Crippen LogP contribution >= 0.6 is 24.0 Å². The molecule has 4 N–H and O–H groups in total. The van der Waals surface area contributed by atoms with Gasteiger partial charge >= 0.3 is 0 Å². The van der Waals surface area contributed by atoms with Gasteiger partial charge in [0, 0.05) is 23.6 Å². The Labute approximate surface area is 162 Å². The zero-order valence-corrected chi connectivity index (χ0v) is 16.1. The average Bonchev–Trinajstić information content (AvgIpc) is 2.97. The van der Waals surface area contributed by atoms with Crippen molar-refractivity contribution < 1.29 is 9.13 Å². The summed E-state index contributed by atoms with van der Waals surface area (Å²) in [6.07, 6.45) is 2.54. The van der Waals surface area contributed by atoms with Crippen LogP contribution in [0.25, 0.3) is 10.9 Å². The average molecular weight is 454 g/mol. The smallest absolute Gasteiger partial charge is 0.193 e. The first-order valence-electron chi connectivity index (χ1n) is 7.63. The van der Waals surface area contributed by atoms with Crippen LogP contribution in [-0.4, -0.2) is 24.6 Å². The number of fused-ring (bicyclic) bond motifs is 1. The summed E-state index contributed by atoms with van der Waals surface area (Å²) in [5, 5.41) is 3.90. The predicted octanol–water partition coefficient (Wildman–Crippen LogP) is 3.90. The van der Waals surface area contributed by atoms with Gasteiger partial charge in [0.15, 0.2) is 5.96 Å². The van der Waals surface area contributed by atoms with E-state index in [2.05, 4.69) is 15.3 Å². The zero-order valence-electron chi connectivity index (χ0n) is 13.8. The summed E-state index contributed by atoms with van der Waals surface area (Å²) in [4.78, 5) is 7.45. The second-order valence-corrected chi connectivity index (χ2v) is 5.35. The molecule has 7 heteroatoms. The molecule has 3 rings (SSSR count). The summed E-state index contributed by atoms with van der Waals surface area (Å²) in [7, 11) is 1.60. The third-order valence-electron chi connectivity index (χ3n) is 3.76. The van der Waals surface area contributed by atoms with Crippen LogP contribution < -0.4 is 15.8 Å². The Balaban J connectivity index is 0.00000225. The SMILES string of the molecule is COc1ccccc1NC(N)=NCCc1c[nH]c2ccc(F)cc12.I. The number of anilines is 1. The topological polar surface area (TPSA) is 75.4 Å². The van der Waals surface area contributed by atoms with E-state index in [1.54, 1.807) is 13.2 Å². The molecular formula is C18H20FIN4O. The number of hydrogen-bond acceptors (Lipinski definition) is 2. The lowest BCUT2D eigenvalue weighted by Gasteiger charge is -2.10. The molecular weight excluding hydrogens is 434 g/mol.